The number of amides is 1. The highest BCUT2D eigenvalue weighted by Gasteiger charge is 2.35. The summed E-state index contributed by atoms with van der Waals surface area (Å²) in [6.07, 6.45) is -1.07. The van der Waals surface area contributed by atoms with Crippen molar-refractivity contribution < 1.29 is 14.3 Å². The highest BCUT2D eigenvalue weighted by molar-refractivity contribution is 5.82. The highest BCUT2D eigenvalue weighted by atomic mass is 16.6. The third-order valence-corrected chi connectivity index (χ3v) is 3.94. The Balaban J connectivity index is 1.73. The second-order valence-corrected chi connectivity index (χ2v) is 5.81. The van der Waals surface area contributed by atoms with Gasteiger partial charge in [-0.3, -0.25) is 4.79 Å². The van der Waals surface area contributed by atoms with Crippen molar-refractivity contribution in [2.45, 2.75) is 25.7 Å². The third kappa shape index (κ3) is 3.18. The molecule has 2 aromatic rings. The molecule has 0 spiro atoms. The number of hydrogen-bond acceptors (Lipinski definition) is 4. The number of rotatable bonds is 3. The van der Waals surface area contributed by atoms with Gasteiger partial charge >= 0.3 is 0 Å². The van der Waals surface area contributed by atoms with Crippen LogP contribution in [0.1, 0.15) is 18.1 Å². The van der Waals surface area contributed by atoms with E-state index in [1.165, 1.54) is 0 Å². The van der Waals surface area contributed by atoms with Gasteiger partial charge in [-0.2, -0.15) is 5.26 Å². The highest BCUT2D eigenvalue weighted by Crippen LogP contribution is 2.33. The van der Waals surface area contributed by atoms with Gasteiger partial charge in [0.05, 0.1) is 11.6 Å². The van der Waals surface area contributed by atoms with Crippen LogP contribution in [0.25, 0.3) is 0 Å². The molecule has 0 fully saturated rings. The number of carbonyl (C=O) groups is 1. The maximum atomic E-state index is 12.7. The van der Waals surface area contributed by atoms with Crippen LogP contribution in [0, 0.1) is 11.3 Å². The minimum absolute atomic E-state index is 0.153. The van der Waals surface area contributed by atoms with Crippen LogP contribution in [0.5, 0.6) is 11.5 Å². The lowest BCUT2D eigenvalue weighted by Crippen LogP contribution is -2.49. The molecular formula is C19H18N2O3. The van der Waals surface area contributed by atoms with E-state index in [-0.39, 0.29) is 12.0 Å². The standard InChI is InChI=1S/C19H18N2O3/c1-13-18(24-17-9-4-3-8-16(17)23-13)19(22)21(2)12-15-7-5-6-14(10-15)11-20/h3-10,13,18H,12H2,1-2H3/t13-,18+/m0/s1. The normalized spacial score (nSPS) is 18.5. The lowest BCUT2D eigenvalue weighted by atomic mass is 10.1. The number of carbonyl (C=O) groups excluding carboxylic acids is 1. The van der Waals surface area contributed by atoms with Gasteiger partial charge in [0.1, 0.15) is 6.10 Å². The van der Waals surface area contributed by atoms with Crippen LogP contribution in [0.2, 0.25) is 0 Å². The molecule has 3 rings (SSSR count). The summed E-state index contributed by atoms with van der Waals surface area (Å²) in [4.78, 5) is 14.3. The van der Waals surface area contributed by atoms with Crippen LogP contribution >= 0.6 is 0 Å². The number of ether oxygens (including phenoxy) is 2. The molecule has 0 aliphatic carbocycles. The second kappa shape index (κ2) is 6.63. The van der Waals surface area contributed by atoms with E-state index in [9.17, 15) is 4.79 Å². The molecule has 0 saturated carbocycles. The molecular weight excluding hydrogens is 304 g/mol. The molecule has 1 heterocycles. The molecule has 1 aliphatic heterocycles. The van der Waals surface area contributed by atoms with Crippen molar-refractivity contribution in [3.63, 3.8) is 0 Å². The molecule has 5 nitrogen and oxygen atoms in total. The average molecular weight is 322 g/mol. The van der Waals surface area contributed by atoms with Crippen LogP contribution in [-0.4, -0.2) is 30.1 Å². The lowest BCUT2D eigenvalue weighted by Gasteiger charge is -2.33. The molecule has 0 bridgehead atoms. The Kier molecular flexibility index (Phi) is 4.39. The zero-order valence-corrected chi connectivity index (χ0v) is 13.6. The monoisotopic (exact) mass is 322 g/mol. The average Bonchev–Trinajstić information content (AvgIpc) is 2.60. The van der Waals surface area contributed by atoms with Gasteiger partial charge in [-0.25, -0.2) is 0 Å². The van der Waals surface area contributed by atoms with E-state index in [0.29, 0.717) is 23.6 Å². The van der Waals surface area contributed by atoms with Crippen LogP contribution < -0.4 is 9.47 Å². The number of para-hydroxylation sites is 2. The summed E-state index contributed by atoms with van der Waals surface area (Å²) >= 11 is 0. The first-order chi connectivity index (χ1) is 11.6. The number of nitriles is 1. The summed E-state index contributed by atoms with van der Waals surface area (Å²) in [5.41, 5.74) is 1.47. The number of likely N-dealkylation sites (N-methyl/N-ethyl adjacent to an activating group) is 1. The van der Waals surface area contributed by atoms with E-state index in [1.807, 2.05) is 37.3 Å². The van der Waals surface area contributed by atoms with Gasteiger partial charge in [0, 0.05) is 13.6 Å². The molecule has 0 saturated heterocycles. The van der Waals surface area contributed by atoms with E-state index >= 15 is 0 Å². The Morgan fingerprint density at radius 1 is 1.17 bits per heavy atom. The van der Waals surface area contributed by atoms with E-state index < -0.39 is 6.10 Å². The Morgan fingerprint density at radius 3 is 2.58 bits per heavy atom. The lowest BCUT2D eigenvalue weighted by molar-refractivity contribution is -0.143. The van der Waals surface area contributed by atoms with Crippen molar-refractivity contribution in [2.75, 3.05) is 7.05 Å². The largest absolute Gasteiger partial charge is 0.482 e. The van der Waals surface area contributed by atoms with Crippen molar-refractivity contribution in [1.82, 2.24) is 4.90 Å². The molecule has 0 N–H and O–H groups in total. The maximum Gasteiger partial charge on any atom is 0.267 e. The number of nitrogens with zero attached hydrogens (tertiary/aromatic N) is 2. The summed E-state index contributed by atoms with van der Waals surface area (Å²) in [7, 11) is 1.72. The van der Waals surface area contributed by atoms with E-state index in [1.54, 1.807) is 30.1 Å². The van der Waals surface area contributed by atoms with Gasteiger partial charge in [-0.1, -0.05) is 24.3 Å². The van der Waals surface area contributed by atoms with Crippen molar-refractivity contribution in [3.05, 3.63) is 59.7 Å². The molecule has 0 radical (unpaired) electrons. The maximum absolute atomic E-state index is 12.7. The third-order valence-electron chi connectivity index (χ3n) is 3.94. The Morgan fingerprint density at radius 2 is 1.88 bits per heavy atom. The Bertz CT molecular complexity index is 797. The summed E-state index contributed by atoms with van der Waals surface area (Å²) in [5, 5.41) is 8.97. The first-order valence-electron chi connectivity index (χ1n) is 7.75. The fourth-order valence-corrected chi connectivity index (χ4v) is 2.70. The van der Waals surface area contributed by atoms with Crippen LogP contribution in [0.3, 0.4) is 0 Å². The second-order valence-electron chi connectivity index (χ2n) is 5.81. The fraction of sp³-hybridized carbons (Fsp3) is 0.263. The molecule has 122 valence electrons. The first kappa shape index (κ1) is 15.9. The summed E-state index contributed by atoms with van der Waals surface area (Å²) in [6, 6.07) is 16.6. The SMILES string of the molecule is C[C@@H]1Oc2ccccc2O[C@H]1C(=O)N(C)Cc1cccc(C#N)c1. The van der Waals surface area contributed by atoms with E-state index in [2.05, 4.69) is 6.07 Å². The predicted molar refractivity (Wildman–Crippen MR) is 88.6 cm³/mol. The molecule has 24 heavy (non-hydrogen) atoms. The summed E-state index contributed by atoms with van der Waals surface area (Å²) in [5.74, 6) is 1.08. The quantitative estimate of drug-likeness (QED) is 0.872. The van der Waals surface area contributed by atoms with Crippen molar-refractivity contribution in [2.24, 2.45) is 0 Å². The van der Waals surface area contributed by atoms with Gasteiger partial charge in [0.2, 0.25) is 6.10 Å². The first-order valence-corrected chi connectivity index (χ1v) is 7.75. The van der Waals surface area contributed by atoms with Crippen molar-refractivity contribution in [1.29, 1.82) is 5.26 Å². The smallest absolute Gasteiger partial charge is 0.267 e. The van der Waals surface area contributed by atoms with Gasteiger partial charge in [-0.15, -0.1) is 0 Å². The number of hydrogen-bond donors (Lipinski definition) is 0. The fourth-order valence-electron chi connectivity index (χ4n) is 2.70. The molecule has 5 heteroatoms. The zero-order valence-electron chi connectivity index (χ0n) is 13.6. The van der Waals surface area contributed by atoms with Gasteiger partial charge in [0.15, 0.2) is 11.5 Å². The topological polar surface area (TPSA) is 62.6 Å². The van der Waals surface area contributed by atoms with Crippen LogP contribution in [0.15, 0.2) is 48.5 Å². The molecule has 1 aliphatic rings. The van der Waals surface area contributed by atoms with Gasteiger partial charge in [0.25, 0.3) is 5.91 Å². The summed E-state index contributed by atoms with van der Waals surface area (Å²) < 4.78 is 11.6. The molecule has 2 aromatic carbocycles. The van der Waals surface area contributed by atoms with Crippen molar-refractivity contribution >= 4 is 5.91 Å². The van der Waals surface area contributed by atoms with E-state index in [0.717, 1.165) is 5.56 Å². The minimum Gasteiger partial charge on any atom is -0.482 e. The zero-order chi connectivity index (χ0) is 17.1. The Labute approximate surface area is 141 Å². The van der Waals surface area contributed by atoms with Gasteiger partial charge in [-0.05, 0) is 36.8 Å². The molecule has 0 aromatic heterocycles. The van der Waals surface area contributed by atoms with Crippen molar-refractivity contribution in [3.8, 4) is 17.6 Å². The van der Waals surface area contributed by atoms with Gasteiger partial charge < -0.3 is 14.4 Å². The molecule has 0 unspecified atom stereocenters. The summed E-state index contributed by atoms with van der Waals surface area (Å²) in [6.45, 7) is 2.23. The van der Waals surface area contributed by atoms with Crippen LogP contribution in [-0.2, 0) is 11.3 Å². The number of benzene rings is 2. The predicted octanol–water partition coefficient (Wildman–Crippen LogP) is 2.75. The minimum atomic E-state index is -0.691. The Hall–Kier alpha value is -3.00. The van der Waals surface area contributed by atoms with Crippen LogP contribution in [0.4, 0.5) is 0 Å². The number of fused-ring (bicyclic) bond motifs is 1. The molecule has 2 atom stereocenters. The van der Waals surface area contributed by atoms with E-state index in [4.69, 9.17) is 14.7 Å². The molecule has 1 amide bonds.